The van der Waals surface area contributed by atoms with E-state index in [1.807, 2.05) is 16.7 Å². The van der Waals surface area contributed by atoms with Gasteiger partial charge >= 0.3 is 0 Å². The molecular weight excluding hydrogens is 510 g/mol. The van der Waals surface area contributed by atoms with E-state index in [0.717, 1.165) is 25.7 Å². The summed E-state index contributed by atoms with van der Waals surface area (Å²) in [5.41, 5.74) is -0.446. The number of aliphatic hydroxyl groups is 1. The molecule has 0 aromatic rings. The number of hydrogen-bond acceptors (Lipinski definition) is 5. The lowest BCUT2D eigenvalue weighted by molar-refractivity contribution is -0.147. The Morgan fingerprint density at radius 2 is 1.79 bits per heavy atom. The topological polar surface area (TPSA) is 81.2 Å². The molecule has 0 aromatic heterocycles. The van der Waals surface area contributed by atoms with Gasteiger partial charge in [-0.1, -0.05) is 39.8 Å². The fourth-order valence-corrected chi connectivity index (χ4v) is 9.79. The Kier molecular flexibility index (Phi) is 10.1. The average molecular weight is 562 g/mol. The SMILES string of the molecule is C=CCN(CCC)C(=O)[C@@H]1[C@H]2C(=O)N(CCCCO)C(C(=O)N(CC=C)C(C)(C)CC(C)(C)C)C23CC[C@H]1S3. The van der Waals surface area contributed by atoms with Crippen molar-refractivity contribution in [3.63, 3.8) is 0 Å². The third kappa shape index (κ3) is 6.12. The predicted molar refractivity (Wildman–Crippen MR) is 159 cm³/mol. The summed E-state index contributed by atoms with van der Waals surface area (Å²) in [6, 6.07) is -0.625. The first-order chi connectivity index (χ1) is 18.3. The third-order valence-electron chi connectivity index (χ3n) is 8.55. The van der Waals surface area contributed by atoms with Crippen molar-refractivity contribution in [1.29, 1.82) is 0 Å². The van der Waals surface area contributed by atoms with Crippen molar-refractivity contribution in [2.75, 3.05) is 32.8 Å². The second kappa shape index (κ2) is 12.4. The van der Waals surface area contributed by atoms with E-state index >= 15 is 0 Å². The number of nitrogens with zero attached hydrogens (tertiary/aromatic N) is 3. The number of carbonyl (C=O) groups excluding carboxylic acids is 3. The predicted octanol–water partition coefficient (Wildman–Crippen LogP) is 4.50. The zero-order valence-corrected chi connectivity index (χ0v) is 25.9. The van der Waals surface area contributed by atoms with Crippen LogP contribution in [0.25, 0.3) is 0 Å². The highest BCUT2D eigenvalue weighted by atomic mass is 32.2. The smallest absolute Gasteiger partial charge is 0.247 e. The van der Waals surface area contributed by atoms with E-state index in [4.69, 9.17) is 0 Å². The summed E-state index contributed by atoms with van der Waals surface area (Å²) in [5, 5.41) is 9.49. The van der Waals surface area contributed by atoms with Gasteiger partial charge in [-0.2, -0.15) is 0 Å². The normalized spacial score (nSPS) is 28.0. The van der Waals surface area contributed by atoms with Crippen LogP contribution in [-0.4, -0.2) is 91.9 Å². The van der Waals surface area contributed by atoms with Gasteiger partial charge in [0.1, 0.15) is 6.04 Å². The van der Waals surface area contributed by atoms with Gasteiger partial charge in [-0.3, -0.25) is 14.4 Å². The number of amides is 3. The van der Waals surface area contributed by atoms with Crippen molar-refractivity contribution in [1.82, 2.24) is 14.7 Å². The minimum Gasteiger partial charge on any atom is -0.396 e. The Hall–Kier alpha value is -1.80. The first-order valence-electron chi connectivity index (χ1n) is 14.7. The van der Waals surface area contributed by atoms with E-state index in [2.05, 4.69) is 47.8 Å². The summed E-state index contributed by atoms with van der Waals surface area (Å²) in [6.45, 7) is 22.5. The maximum absolute atomic E-state index is 14.7. The largest absolute Gasteiger partial charge is 0.396 e. The maximum atomic E-state index is 14.7. The molecule has 3 fully saturated rings. The molecule has 3 aliphatic heterocycles. The first-order valence-corrected chi connectivity index (χ1v) is 15.6. The minimum atomic E-state index is -0.625. The second-order valence-corrected chi connectivity index (χ2v) is 15.0. The molecule has 0 aromatic carbocycles. The summed E-state index contributed by atoms with van der Waals surface area (Å²) in [5.74, 6) is -1.01. The van der Waals surface area contributed by atoms with E-state index in [-0.39, 0.29) is 35.0 Å². The molecule has 5 atom stereocenters. The van der Waals surface area contributed by atoms with Crippen molar-refractivity contribution in [3.05, 3.63) is 25.3 Å². The molecule has 3 rings (SSSR count). The van der Waals surface area contributed by atoms with Crippen molar-refractivity contribution < 1.29 is 19.5 Å². The molecule has 0 aliphatic carbocycles. The van der Waals surface area contributed by atoms with Crippen LogP contribution in [0.15, 0.2) is 25.3 Å². The molecule has 0 saturated carbocycles. The van der Waals surface area contributed by atoms with Gasteiger partial charge in [0.15, 0.2) is 0 Å². The molecule has 3 aliphatic rings. The molecule has 1 spiro atoms. The lowest BCUT2D eigenvalue weighted by Crippen LogP contribution is -2.60. The number of likely N-dealkylation sites (tertiary alicyclic amines) is 1. The number of thioether (sulfide) groups is 1. The van der Waals surface area contributed by atoms with Gasteiger partial charge in [0.2, 0.25) is 17.7 Å². The molecule has 3 amide bonds. The monoisotopic (exact) mass is 561 g/mol. The molecule has 1 N–H and O–H groups in total. The Labute approximate surface area is 240 Å². The van der Waals surface area contributed by atoms with E-state index in [1.54, 1.807) is 28.8 Å². The van der Waals surface area contributed by atoms with Gasteiger partial charge in [0.25, 0.3) is 0 Å². The summed E-state index contributed by atoms with van der Waals surface area (Å²) >= 11 is 1.72. The fourth-order valence-electron chi connectivity index (χ4n) is 7.58. The van der Waals surface area contributed by atoms with Gasteiger partial charge in [0.05, 0.1) is 16.6 Å². The van der Waals surface area contributed by atoms with Crippen molar-refractivity contribution >= 4 is 29.5 Å². The molecule has 7 nitrogen and oxygen atoms in total. The second-order valence-electron chi connectivity index (χ2n) is 13.4. The number of hydrogen-bond donors (Lipinski definition) is 1. The number of aliphatic hydroxyl groups excluding tert-OH is 1. The zero-order valence-electron chi connectivity index (χ0n) is 25.1. The first kappa shape index (κ1) is 31.7. The van der Waals surface area contributed by atoms with Gasteiger partial charge < -0.3 is 19.8 Å². The minimum absolute atomic E-state index is 0.00228. The van der Waals surface area contributed by atoms with Crippen LogP contribution in [0.3, 0.4) is 0 Å². The third-order valence-corrected chi connectivity index (χ3v) is 10.5. The van der Waals surface area contributed by atoms with Gasteiger partial charge in [-0.25, -0.2) is 0 Å². The molecule has 3 heterocycles. The molecule has 39 heavy (non-hydrogen) atoms. The van der Waals surface area contributed by atoms with Crippen LogP contribution >= 0.6 is 11.8 Å². The standard InChI is InChI=1S/C31H51N3O4S/c1-9-16-32(17-10-2)26(36)23-22-14-15-31(39-22)24(23)27(37)33(19-12-13-20-35)25(31)28(38)34(18-11-3)30(7,8)21-29(4,5)6/h9,11,22-25,35H,1,3,10,12-21H2,2,4-8H3/t22-,23+,24+,25?,31?/m1/s1. The van der Waals surface area contributed by atoms with Crippen LogP contribution in [0.1, 0.15) is 80.1 Å². The number of rotatable bonds is 14. The Balaban J connectivity index is 2.06. The molecule has 2 bridgehead atoms. The van der Waals surface area contributed by atoms with Crippen LogP contribution in [-0.2, 0) is 14.4 Å². The van der Waals surface area contributed by atoms with Crippen LogP contribution in [0.2, 0.25) is 0 Å². The van der Waals surface area contributed by atoms with Gasteiger partial charge in [-0.15, -0.1) is 24.9 Å². The summed E-state index contributed by atoms with van der Waals surface area (Å²) in [4.78, 5) is 48.5. The van der Waals surface area contributed by atoms with Gasteiger partial charge in [0, 0.05) is 43.6 Å². The Bertz CT molecular complexity index is 945. The maximum Gasteiger partial charge on any atom is 0.247 e. The highest BCUT2D eigenvalue weighted by Gasteiger charge is 2.74. The number of carbonyl (C=O) groups is 3. The highest BCUT2D eigenvalue weighted by molar-refractivity contribution is 8.02. The molecule has 3 saturated heterocycles. The summed E-state index contributed by atoms with van der Waals surface area (Å²) in [6.07, 6.45) is 7.92. The molecule has 8 heteroatoms. The van der Waals surface area contributed by atoms with Crippen LogP contribution in [0, 0.1) is 17.3 Å². The fraction of sp³-hybridized carbons (Fsp3) is 0.774. The van der Waals surface area contributed by atoms with E-state index in [9.17, 15) is 19.5 Å². The van der Waals surface area contributed by atoms with Crippen LogP contribution in [0.5, 0.6) is 0 Å². The lowest BCUT2D eigenvalue weighted by Gasteiger charge is -2.46. The van der Waals surface area contributed by atoms with E-state index in [1.165, 1.54) is 0 Å². The molecule has 220 valence electrons. The summed E-state index contributed by atoms with van der Waals surface area (Å²) < 4.78 is -0.609. The summed E-state index contributed by atoms with van der Waals surface area (Å²) in [7, 11) is 0. The number of fused-ring (bicyclic) bond motifs is 1. The van der Waals surface area contributed by atoms with Gasteiger partial charge in [-0.05, 0) is 57.8 Å². The van der Waals surface area contributed by atoms with Crippen molar-refractivity contribution in [3.8, 4) is 0 Å². The zero-order chi connectivity index (χ0) is 29.2. The molecule has 0 radical (unpaired) electrons. The highest BCUT2D eigenvalue weighted by Crippen LogP contribution is 2.66. The average Bonchev–Trinajstić information content (AvgIpc) is 3.48. The molecular formula is C31H51N3O4S. The Morgan fingerprint density at radius 1 is 1.13 bits per heavy atom. The van der Waals surface area contributed by atoms with Crippen LogP contribution in [0.4, 0.5) is 0 Å². The Morgan fingerprint density at radius 3 is 2.36 bits per heavy atom. The number of unbranched alkanes of at least 4 members (excludes halogenated alkanes) is 1. The van der Waals surface area contributed by atoms with Crippen LogP contribution < -0.4 is 0 Å². The quantitative estimate of drug-likeness (QED) is 0.249. The molecule has 2 unspecified atom stereocenters. The van der Waals surface area contributed by atoms with Crippen molar-refractivity contribution in [2.24, 2.45) is 17.3 Å². The lowest BCUT2D eigenvalue weighted by atomic mass is 9.70. The van der Waals surface area contributed by atoms with Crippen molar-refractivity contribution in [2.45, 2.75) is 102 Å². The van der Waals surface area contributed by atoms with E-state index < -0.39 is 28.2 Å². The van der Waals surface area contributed by atoms with E-state index in [0.29, 0.717) is 39.0 Å².